The first kappa shape index (κ1) is 27.2. The van der Waals surface area contributed by atoms with E-state index in [1.54, 1.807) is 18.2 Å². The van der Waals surface area contributed by atoms with Gasteiger partial charge in [0.2, 0.25) is 0 Å². The highest BCUT2D eigenvalue weighted by Crippen LogP contribution is 2.31. The molecule has 1 aromatic rings. The fraction of sp³-hybridized carbons (Fsp3) is 0.680. The number of hydrogen-bond acceptors (Lipinski definition) is 8. The molecule has 2 aliphatic rings. The number of carbonyl (C=O) groups is 2. The third-order valence-electron chi connectivity index (χ3n) is 5.90. The van der Waals surface area contributed by atoms with Crippen LogP contribution in [0, 0.1) is 17.8 Å². The van der Waals surface area contributed by atoms with E-state index in [1.165, 1.54) is 0 Å². The summed E-state index contributed by atoms with van der Waals surface area (Å²) in [4.78, 5) is 24.8. The van der Waals surface area contributed by atoms with Gasteiger partial charge in [0.1, 0.15) is 13.2 Å². The number of nitrogens with one attached hydrogen (secondary N) is 2. The minimum Gasteiger partial charge on any atom is -0.449 e. The van der Waals surface area contributed by atoms with Crippen LogP contribution in [0.2, 0.25) is 0 Å². The minimum absolute atomic E-state index is 0.140. The summed E-state index contributed by atoms with van der Waals surface area (Å²) in [5, 5.41) is 5.41. The Hall–Kier alpha value is -2.40. The van der Waals surface area contributed by atoms with Crippen LogP contribution in [0.1, 0.15) is 47.1 Å². The maximum Gasteiger partial charge on any atom is 0.411 e. The molecule has 0 unspecified atom stereocenters. The van der Waals surface area contributed by atoms with E-state index >= 15 is 0 Å². The average Bonchev–Trinajstić information content (AvgIpc) is 2.78. The van der Waals surface area contributed by atoms with Crippen LogP contribution in [-0.4, -0.2) is 63.4 Å². The Labute approximate surface area is 206 Å². The summed E-state index contributed by atoms with van der Waals surface area (Å²) >= 11 is 0. The largest absolute Gasteiger partial charge is 0.449 e. The molecule has 2 amide bonds. The fourth-order valence-corrected chi connectivity index (χ4v) is 3.34. The highest BCUT2D eigenvalue weighted by molar-refractivity contribution is 5.89. The van der Waals surface area contributed by atoms with E-state index in [1.807, 2.05) is 48.5 Å². The molecule has 0 saturated carbocycles. The standard InChI is InChI=1S/C25H38N2O8/c1-17-8-9-18(26-20(28)30-11-24(6)13-32-22(2,3)33-14-24)10-19(17)27-21(29)31-12-25(7)15-34-23(4,5)35-16-25/h8-10H,11-16H2,1-7H3,(H,26,28)(H,27,29). The number of carbonyl (C=O) groups excluding carboxylic acids is 2. The lowest BCUT2D eigenvalue weighted by Crippen LogP contribution is -2.47. The van der Waals surface area contributed by atoms with E-state index in [-0.39, 0.29) is 13.2 Å². The second kappa shape index (κ2) is 10.3. The molecule has 1 aromatic carbocycles. The van der Waals surface area contributed by atoms with E-state index < -0.39 is 34.6 Å². The Morgan fingerprint density at radius 2 is 1.20 bits per heavy atom. The summed E-state index contributed by atoms with van der Waals surface area (Å²) in [5.41, 5.74) is 0.928. The number of benzene rings is 1. The van der Waals surface area contributed by atoms with Crippen LogP contribution >= 0.6 is 0 Å². The van der Waals surface area contributed by atoms with Crippen molar-refractivity contribution in [3.63, 3.8) is 0 Å². The molecule has 10 nitrogen and oxygen atoms in total. The van der Waals surface area contributed by atoms with Gasteiger partial charge in [0.05, 0.1) is 26.4 Å². The predicted molar refractivity (Wildman–Crippen MR) is 129 cm³/mol. The first-order valence-electron chi connectivity index (χ1n) is 11.7. The normalized spacial score (nSPS) is 22.0. The molecule has 2 fully saturated rings. The van der Waals surface area contributed by atoms with Gasteiger partial charge in [-0.25, -0.2) is 9.59 Å². The maximum atomic E-state index is 12.4. The molecule has 0 atom stereocenters. The summed E-state index contributed by atoms with van der Waals surface area (Å²) in [6.07, 6.45) is -1.21. The first-order chi connectivity index (χ1) is 16.2. The van der Waals surface area contributed by atoms with E-state index in [9.17, 15) is 9.59 Å². The number of ether oxygens (including phenoxy) is 6. The van der Waals surface area contributed by atoms with Crippen molar-refractivity contribution in [1.29, 1.82) is 0 Å². The molecule has 3 rings (SSSR count). The van der Waals surface area contributed by atoms with Crippen LogP contribution in [0.5, 0.6) is 0 Å². The highest BCUT2D eigenvalue weighted by atomic mass is 16.7. The second-order valence-corrected chi connectivity index (χ2v) is 11.0. The summed E-state index contributed by atoms with van der Waals surface area (Å²) in [7, 11) is 0. The zero-order chi connectivity index (χ0) is 25.9. The van der Waals surface area contributed by atoms with Crippen LogP contribution in [0.15, 0.2) is 18.2 Å². The molecule has 2 saturated heterocycles. The molecule has 10 heteroatoms. The predicted octanol–water partition coefficient (Wildman–Crippen LogP) is 4.67. The second-order valence-electron chi connectivity index (χ2n) is 11.0. The lowest BCUT2D eigenvalue weighted by atomic mass is 9.93. The van der Waals surface area contributed by atoms with Gasteiger partial charge in [-0.05, 0) is 52.3 Å². The van der Waals surface area contributed by atoms with Crippen LogP contribution in [0.3, 0.4) is 0 Å². The molecule has 0 aromatic heterocycles. The van der Waals surface area contributed by atoms with Gasteiger partial charge < -0.3 is 28.4 Å². The average molecular weight is 495 g/mol. The maximum absolute atomic E-state index is 12.4. The van der Waals surface area contributed by atoms with Gasteiger partial charge in [0.15, 0.2) is 11.6 Å². The highest BCUT2D eigenvalue weighted by Gasteiger charge is 2.38. The Kier molecular flexibility index (Phi) is 8.00. The first-order valence-corrected chi connectivity index (χ1v) is 11.7. The van der Waals surface area contributed by atoms with Crippen molar-refractivity contribution in [2.24, 2.45) is 10.8 Å². The number of hydrogen-bond donors (Lipinski definition) is 2. The van der Waals surface area contributed by atoms with Gasteiger partial charge in [-0.2, -0.15) is 0 Å². The van der Waals surface area contributed by atoms with Crippen molar-refractivity contribution < 1.29 is 38.0 Å². The van der Waals surface area contributed by atoms with Crippen molar-refractivity contribution in [2.45, 2.75) is 60.0 Å². The smallest absolute Gasteiger partial charge is 0.411 e. The fourth-order valence-electron chi connectivity index (χ4n) is 3.34. The number of rotatable bonds is 6. The molecule has 0 bridgehead atoms. The Bertz CT molecular complexity index is 910. The van der Waals surface area contributed by atoms with E-state index in [2.05, 4.69) is 10.6 Å². The van der Waals surface area contributed by atoms with Crippen molar-refractivity contribution in [3.8, 4) is 0 Å². The zero-order valence-corrected chi connectivity index (χ0v) is 21.7. The molecule has 0 spiro atoms. The van der Waals surface area contributed by atoms with Crippen molar-refractivity contribution in [1.82, 2.24) is 0 Å². The molecular formula is C25H38N2O8. The van der Waals surface area contributed by atoms with Crippen molar-refractivity contribution >= 4 is 23.6 Å². The number of anilines is 2. The van der Waals surface area contributed by atoms with Crippen molar-refractivity contribution in [3.05, 3.63) is 23.8 Å². The quantitative estimate of drug-likeness (QED) is 0.587. The van der Waals surface area contributed by atoms with Gasteiger partial charge >= 0.3 is 12.2 Å². The lowest BCUT2D eigenvalue weighted by molar-refractivity contribution is -0.286. The lowest BCUT2D eigenvalue weighted by Gasteiger charge is -2.40. The summed E-state index contributed by atoms with van der Waals surface area (Å²) in [6, 6.07) is 5.15. The van der Waals surface area contributed by atoms with E-state index in [0.29, 0.717) is 37.8 Å². The third-order valence-corrected chi connectivity index (χ3v) is 5.90. The molecule has 196 valence electrons. The SMILES string of the molecule is Cc1ccc(NC(=O)OCC2(C)COC(C)(C)OC2)cc1NC(=O)OCC1(C)COC(C)(C)OC1. The summed E-state index contributed by atoms with van der Waals surface area (Å²) in [5.74, 6) is -1.28. The van der Waals surface area contributed by atoms with Gasteiger partial charge in [-0.15, -0.1) is 0 Å². The number of aryl methyl sites for hydroxylation is 1. The van der Waals surface area contributed by atoms with Gasteiger partial charge in [0, 0.05) is 22.2 Å². The van der Waals surface area contributed by atoms with Crippen LogP contribution < -0.4 is 10.6 Å². The van der Waals surface area contributed by atoms with Crippen LogP contribution in [0.25, 0.3) is 0 Å². The molecule has 0 radical (unpaired) electrons. The minimum atomic E-state index is -0.639. The topological polar surface area (TPSA) is 114 Å². The van der Waals surface area contributed by atoms with Crippen LogP contribution in [-0.2, 0) is 28.4 Å². The molecule has 35 heavy (non-hydrogen) atoms. The summed E-state index contributed by atoms with van der Waals surface area (Å²) < 4.78 is 33.5. The summed E-state index contributed by atoms with van der Waals surface area (Å²) in [6.45, 7) is 15.1. The Morgan fingerprint density at radius 1 is 0.771 bits per heavy atom. The number of amides is 2. The molecule has 2 N–H and O–H groups in total. The van der Waals surface area contributed by atoms with Gasteiger partial charge in [-0.3, -0.25) is 10.6 Å². The van der Waals surface area contributed by atoms with Gasteiger partial charge in [0.25, 0.3) is 0 Å². The van der Waals surface area contributed by atoms with Gasteiger partial charge in [-0.1, -0.05) is 19.9 Å². The van der Waals surface area contributed by atoms with E-state index in [4.69, 9.17) is 28.4 Å². The molecular weight excluding hydrogens is 456 g/mol. The Morgan fingerprint density at radius 3 is 1.66 bits per heavy atom. The third kappa shape index (κ3) is 8.06. The molecule has 0 aliphatic carbocycles. The molecule has 2 aliphatic heterocycles. The van der Waals surface area contributed by atoms with Crippen LogP contribution in [0.4, 0.5) is 21.0 Å². The van der Waals surface area contributed by atoms with E-state index in [0.717, 1.165) is 5.56 Å². The zero-order valence-electron chi connectivity index (χ0n) is 21.7. The Balaban J connectivity index is 1.48. The molecule has 2 heterocycles. The monoisotopic (exact) mass is 494 g/mol. The van der Waals surface area contributed by atoms with Crippen molar-refractivity contribution in [2.75, 3.05) is 50.3 Å².